The number of carbonyl (C=O) groups is 1. The number of rotatable bonds is 7. The molecule has 2 N–H and O–H groups in total. The van der Waals surface area contributed by atoms with Gasteiger partial charge < -0.3 is 20.1 Å². The lowest BCUT2D eigenvalue weighted by atomic mass is 9.85. The fourth-order valence-electron chi connectivity index (χ4n) is 3.48. The van der Waals surface area contributed by atoms with Crippen molar-refractivity contribution < 1.29 is 14.3 Å². The van der Waals surface area contributed by atoms with Crippen molar-refractivity contribution in [2.45, 2.75) is 65.1 Å². The summed E-state index contributed by atoms with van der Waals surface area (Å²) in [5.74, 6) is 1.83. The fourth-order valence-corrected chi connectivity index (χ4v) is 3.48. The van der Waals surface area contributed by atoms with Gasteiger partial charge in [0.25, 0.3) is 0 Å². The lowest BCUT2D eigenvalue weighted by Crippen LogP contribution is -2.42. The number of amides is 1. The molecule has 0 heterocycles. The third-order valence-corrected chi connectivity index (χ3v) is 4.90. The lowest BCUT2D eigenvalue weighted by Gasteiger charge is -2.30. The Labute approximate surface area is 151 Å². The molecule has 0 saturated heterocycles. The van der Waals surface area contributed by atoms with Crippen LogP contribution in [0.3, 0.4) is 0 Å². The third kappa shape index (κ3) is 5.36. The molecule has 0 bridgehead atoms. The summed E-state index contributed by atoms with van der Waals surface area (Å²) in [6, 6.07) is 4.63. The van der Waals surface area contributed by atoms with Crippen LogP contribution < -0.4 is 20.1 Å². The number of benzene rings is 1. The minimum Gasteiger partial charge on any atom is -0.493 e. The van der Waals surface area contributed by atoms with E-state index in [2.05, 4.69) is 17.6 Å². The van der Waals surface area contributed by atoms with E-state index in [9.17, 15) is 4.79 Å². The standard InChI is InChI=1S/C20H32N2O3/c1-13(2)22-20(23)15-7-6-8-17(10-15)21-12-16-11-19(25-5)18(24-4)9-14(16)3/h9,11,13,15,17,21H,6-8,10,12H2,1-5H3,(H,22,23)/t15-,17-/m0/s1. The highest BCUT2D eigenvalue weighted by Crippen LogP contribution is 2.31. The Morgan fingerprint density at radius 3 is 2.52 bits per heavy atom. The molecular formula is C20H32N2O3. The van der Waals surface area contributed by atoms with Crippen molar-refractivity contribution in [2.24, 2.45) is 5.92 Å². The Morgan fingerprint density at radius 2 is 1.88 bits per heavy atom. The normalized spacial score (nSPS) is 20.4. The van der Waals surface area contributed by atoms with Crippen LogP contribution >= 0.6 is 0 Å². The first kappa shape index (κ1) is 19.6. The Balaban J connectivity index is 1.95. The van der Waals surface area contributed by atoms with Gasteiger partial charge in [0, 0.05) is 24.5 Å². The van der Waals surface area contributed by atoms with Crippen molar-refractivity contribution >= 4 is 5.91 Å². The molecule has 1 fully saturated rings. The average molecular weight is 348 g/mol. The van der Waals surface area contributed by atoms with Gasteiger partial charge in [0.2, 0.25) is 5.91 Å². The molecule has 1 aromatic carbocycles. The number of ether oxygens (including phenoxy) is 2. The van der Waals surface area contributed by atoms with Crippen molar-refractivity contribution in [1.29, 1.82) is 0 Å². The lowest BCUT2D eigenvalue weighted by molar-refractivity contribution is -0.126. The molecule has 1 aromatic rings. The fraction of sp³-hybridized carbons (Fsp3) is 0.650. The minimum atomic E-state index is 0.125. The molecule has 5 heteroatoms. The summed E-state index contributed by atoms with van der Waals surface area (Å²) < 4.78 is 10.8. The number of carbonyl (C=O) groups excluding carboxylic acids is 1. The van der Waals surface area contributed by atoms with Crippen LogP contribution in [0.15, 0.2) is 12.1 Å². The van der Waals surface area contributed by atoms with Crippen LogP contribution in [0, 0.1) is 12.8 Å². The van der Waals surface area contributed by atoms with Crippen LogP contribution in [0.25, 0.3) is 0 Å². The molecular weight excluding hydrogens is 316 g/mol. The van der Waals surface area contributed by atoms with E-state index in [1.165, 1.54) is 11.1 Å². The second-order valence-corrected chi connectivity index (χ2v) is 7.24. The van der Waals surface area contributed by atoms with Crippen LogP contribution in [0.1, 0.15) is 50.7 Å². The van der Waals surface area contributed by atoms with Gasteiger partial charge >= 0.3 is 0 Å². The SMILES string of the molecule is COc1cc(C)c(CN[C@H]2CCC[C@H](C(=O)NC(C)C)C2)cc1OC. The summed E-state index contributed by atoms with van der Waals surface area (Å²) in [5, 5.41) is 6.68. The zero-order valence-corrected chi connectivity index (χ0v) is 16.1. The second-order valence-electron chi connectivity index (χ2n) is 7.24. The van der Waals surface area contributed by atoms with Crippen molar-refractivity contribution in [3.05, 3.63) is 23.3 Å². The number of nitrogens with one attached hydrogen (secondary N) is 2. The molecule has 0 radical (unpaired) electrons. The minimum absolute atomic E-state index is 0.125. The quantitative estimate of drug-likeness (QED) is 0.794. The predicted octanol–water partition coefficient (Wildman–Crippen LogP) is 3.19. The van der Waals surface area contributed by atoms with E-state index >= 15 is 0 Å². The molecule has 0 aromatic heterocycles. The van der Waals surface area contributed by atoms with Gasteiger partial charge in [-0.1, -0.05) is 6.42 Å². The second kappa shape index (κ2) is 9.09. The van der Waals surface area contributed by atoms with E-state index < -0.39 is 0 Å². The van der Waals surface area contributed by atoms with Gasteiger partial charge in [-0.25, -0.2) is 0 Å². The van der Waals surface area contributed by atoms with Crippen LogP contribution in [0.4, 0.5) is 0 Å². The summed E-state index contributed by atoms with van der Waals surface area (Å²) in [5.41, 5.74) is 2.38. The van der Waals surface area contributed by atoms with Crippen molar-refractivity contribution in [2.75, 3.05) is 14.2 Å². The summed E-state index contributed by atoms with van der Waals surface area (Å²) in [4.78, 5) is 12.3. The van der Waals surface area contributed by atoms with Gasteiger partial charge in [0.1, 0.15) is 0 Å². The van der Waals surface area contributed by atoms with Gasteiger partial charge in [0.05, 0.1) is 14.2 Å². The third-order valence-electron chi connectivity index (χ3n) is 4.90. The molecule has 0 aliphatic heterocycles. The molecule has 2 rings (SSSR count). The Bertz CT molecular complexity index is 587. The first-order valence-corrected chi connectivity index (χ1v) is 9.19. The van der Waals surface area contributed by atoms with Crippen molar-refractivity contribution in [3.63, 3.8) is 0 Å². The van der Waals surface area contributed by atoms with Gasteiger partial charge in [-0.3, -0.25) is 4.79 Å². The smallest absolute Gasteiger partial charge is 0.223 e. The van der Waals surface area contributed by atoms with Crippen LogP contribution in [-0.2, 0) is 11.3 Å². The zero-order chi connectivity index (χ0) is 18.4. The summed E-state index contributed by atoms with van der Waals surface area (Å²) >= 11 is 0. The van der Waals surface area contributed by atoms with E-state index in [0.717, 1.165) is 43.7 Å². The van der Waals surface area contributed by atoms with Gasteiger partial charge in [0.15, 0.2) is 11.5 Å². The molecule has 1 aliphatic rings. The number of hydrogen-bond acceptors (Lipinski definition) is 4. The Kier molecular flexibility index (Phi) is 7.12. The highest BCUT2D eigenvalue weighted by molar-refractivity contribution is 5.79. The van der Waals surface area contributed by atoms with Crippen molar-refractivity contribution in [3.8, 4) is 11.5 Å². The summed E-state index contributed by atoms with van der Waals surface area (Å²) in [7, 11) is 3.31. The van der Waals surface area contributed by atoms with Gasteiger partial charge in [-0.2, -0.15) is 0 Å². The number of aryl methyl sites for hydroxylation is 1. The van der Waals surface area contributed by atoms with Gasteiger partial charge in [-0.05, 0) is 63.3 Å². The molecule has 140 valence electrons. The van der Waals surface area contributed by atoms with E-state index in [0.29, 0.717) is 6.04 Å². The van der Waals surface area contributed by atoms with E-state index in [1.54, 1.807) is 14.2 Å². The average Bonchev–Trinajstić information content (AvgIpc) is 2.60. The molecule has 25 heavy (non-hydrogen) atoms. The van der Waals surface area contributed by atoms with Crippen molar-refractivity contribution in [1.82, 2.24) is 10.6 Å². The highest BCUT2D eigenvalue weighted by atomic mass is 16.5. The molecule has 0 spiro atoms. The molecule has 5 nitrogen and oxygen atoms in total. The highest BCUT2D eigenvalue weighted by Gasteiger charge is 2.27. The summed E-state index contributed by atoms with van der Waals surface area (Å²) in [6.45, 7) is 6.88. The zero-order valence-electron chi connectivity index (χ0n) is 16.1. The number of hydrogen-bond donors (Lipinski definition) is 2. The molecule has 1 aliphatic carbocycles. The van der Waals surface area contributed by atoms with Gasteiger partial charge in [-0.15, -0.1) is 0 Å². The molecule has 2 atom stereocenters. The maximum Gasteiger partial charge on any atom is 0.223 e. The molecule has 0 unspecified atom stereocenters. The molecule has 1 amide bonds. The van der Waals surface area contributed by atoms with E-state index in [1.807, 2.05) is 26.0 Å². The topological polar surface area (TPSA) is 59.6 Å². The monoisotopic (exact) mass is 348 g/mol. The first-order chi connectivity index (χ1) is 11.9. The largest absolute Gasteiger partial charge is 0.493 e. The Morgan fingerprint density at radius 1 is 1.20 bits per heavy atom. The maximum absolute atomic E-state index is 12.3. The first-order valence-electron chi connectivity index (χ1n) is 9.19. The predicted molar refractivity (Wildman–Crippen MR) is 100 cm³/mol. The molecule has 1 saturated carbocycles. The van der Waals surface area contributed by atoms with E-state index in [-0.39, 0.29) is 17.9 Å². The van der Waals surface area contributed by atoms with Crippen LogP contribution in [-0.4, -0.2) is 32.2 Å². The number of methoxy groups -OCH3 is 2. The maximum atomic E-state index is 12.3. The Hall–Kier alpha value is -1.75. The van der Waals surface area contributed by atoms with E-state index in [4.69, 9.17) is 9.47 Å². The summed E-state index contributed by atoms with van der Waals surface area (Å²) in [6.07, 6.45) is 4.12. The van der Waals surface area contributed by atoms with Crippen LogP contribution in [0.5, 0.6) is 11.5 Å². The van der Waals surface area contributed by atoms with Crippen LogP contribution in [0.2, 0.25) is 0 Å².